The van der Waals surface area contributed by atoms with Crippen molar-refractivity contribution in [3.05, 3.63) is 51.8 Å². The monoisotopic (exact) mass is 245 g/mol. The van der Waals surface area contributed by atoms with Crippen LogP contribution in [0.1, 0.15) is 16.1 Å². The van der Waals surface area contributed by atoms with Crippen molar-refractivity contribution in [3.8, 4) is 0 Å². The molecule has 0 aliphatic carbocycles. The van der Waals surface area contributed by atoms with Gasteiger partial charge >= 0.3 is 0 Å². The molecule has 0 saturated heterocycles. The maximum Gasteiger partial charge on any atom is 0.213 e. The van der Waals surface area contributed by atoms with E-state index in [1.165, 1.54) is 11.3 Å². The molecule has 0 spiro atoms. The molecule has 4 heteroatoms. The van der Waals surface area contributed by atoms with Crippen LogP contribution in [0.3, 0.4) is 0 Å². The van der Waals surface area contributed by atoms with E-state index in [1.807, 2.05) is 29.6 Å². The minimum Gasteiger partial charge on any atom is -0.287 e. The second-order valence-electron chi connectivity index (χ2n) is 3.35. The van der Waals surface area contributed by atoms with Crippen LogP contribution in [0.4, 0.5) is 0 Å². The van der Waals surface area contributed by atoms with Crippen LogP contribution in [0, 0.1) is 0 Å². The first-order valence-corrected chi connectivity index (χ1v) is 6.57. The molecule has 2 heterocycles. The molecule has 0 N–H and O–H groups in total. The minimum atomic E-state index is 0.00861. The second-order valence-corrected chi connectivity index (χ2v) is 4.98. The lowest BCUT2D eigenvalue weighted by Crippen LogP contribution is -2.01. The summed E-state index contributed by atoms with van der Waals surface area (Å²) < 4.78 is 1.04. The highest BCUT2D eigenvalue weighted by Crippen LogP contribution is 2.26. The highest BCUT2D eigenvalue weighted by molar-refractivity contribution is 7.17. The molecule has 1 aromatic carbocycles. The molecule has 0 fully saturated rings. The van der Waals surface area contributed by atoms with Gasteiger partial charge in [-0.2, -0.15) is 0 Å². The number of nitrogens with zero attached hydrogens (tertiary/aromatic N) is 1. The zero-order valence-electron chi connectivity index (χ0n) is 8.21. The van der Waals surface area contributed by atoms with Crippen molar-refractivity contribution in [1.82, 2.24) is 4.98 Å². The Hall–Kier alpha value is -1.52. The highest BCUT2D eigenvalue weighted by atomic mass is 32.1. The van der Waals surface area contributed by atoms with Crippen LogP contribution < -0.4 is 0 Å². The van der Waals surface area contributed by atoms with E-state index >= 15 is 0 Å². The molecule has 0 aliphatic heterocycles. The second kappa shape index (κ2) is 3.81. The predicted octanol–water partition coefficient (Wildman–Crippen LogP) is 3.59. The average molecular weight is 245 g/mol. The van der Waals surface area contributed by atoms with Crippen LogP contribution in [0.5, 0.6) is 0 Å². The maximum atomic E-state index is 12.2. The summed E-state index contributed by atoms with van der Waals surface area (Å²) in [7, 11) is 0. The summed E-state index contributed by atoms with van der Waals surface area (Å²) in [6.45, 7) is 0. The largest absolute Gasteiger partial charge is 0.287 e. The van der Waals surface area contributed by atoms with Gasteiger partial charge < -0.3 is 0 Å². The summed E-state index contributed by atoms with van der Waals surface area (Å²) in [6.07, 6.45) is 0. The molecule has 0 unspecified atom stereocenters. The van der Waals surface area contributed by atoms with Crippen LogP contribution >= 0.6 is 22.7 Å². The molecular weight excluding hydrogens is 238 g/mol. The lowest BCUT2D eigenvalue weighted by atomic mass is 10.1. The Morgan fingerprint density at radius 3 is 3.00 bits per heavy atom. The number of thiazole rings is 1. The van der Waals surface area contributed by atoms with Crippen LogP contribution in [-0.4, -0.2) is 10.8 Å². The van der Waals surface area contributed by atoms with Gasteiger partial charge in [0.05, 0.1) is 5.51 Å². The van der Waals surface area contributed by atoms with Crippen molar-refractivity contribution >= 4 is 38.5 Å². The molecule has 0 saturated carbocycles. The van der Waals surface area contributed by atoms with Gasteiger partial charge in [-0.1, -0.05) is 12.1 Å². The van der Waals surface area contributed by atoms with Gasteiger partial charge in [0.25, 0.3) is 0 Å². The summed E-state index contributed by atoms with van der Waals surface area (Å²) in [6, 6.07) is 7.82. The number of benzene rings is 1. The van der Waals surface area contributed by atoms with Gasteiger partial charge in [-0.15, -0.1) is 22.7 Å². The molecule has 3 rings (SSSR count). The molecule has 0 amide bonds. The molecular formula is C12H7NOS2. The molecule has 2 aromatic heterocycles. The normalized spacial score (nSPS) is 10.8. The van der Waals surface area contributed by atoms with E-state index in [9.17, 15) is 4.79 Å². The number of rotatable bonds is 2. The number of hydrogen-bond donors (Lipinski definition) is 0. The van der Waals surface area contributed by atoms with Gasteiger partial charge in [-0.25, -0.2) is 4.98 Å². The lowest BCUT2D eigenvalue weighted by Gasteiger charge is -1.99. The maximum absolute atomic E-state index is 12.2. The van der Waals surface area contributed by atoms with Crippen molar-refractivity contribution in [3.63, 3.8) is 0 Å². The quantitative estimate of drug-likeness (QED) is 0.646. The Kier molecular flexibility index (Phi) is 2.31. The number of fused-ring (bicyclic) bond motifs is 1. The highest BCUT2D eigenvalue weighted by Gasteiger charge is 2.14. The van der Waals surface area contributed by atoms with Gasteiger partial charge in [0.15, 0.2) is 0 Å². The van der Waals surface area contributed by atoms with E-state index < -0.39 is 0 Å². The first-order valence-electron chi connectivity index (χ1n) is 4.75. The van der Waals surface area contributed by atoms with Gasteiger partial charge in [0.1, 0.15) is 5.69 Å². The third kappa shape index (κ3) is 1.47. The van der Waals surface area contributed by atoms with Crippen LogP contribution in [0.25, 0.3) is 10.1 Å². The molecule has 0 aliphatic rings. The third-order valence-corrected chi connectivity index (χ3v) is 3.94. The smallest absolute Gasteiger partial charge is 0.213 e. The summed E-state index contributed by atoms with van der Waals surface area (Å²) >= 11 is 3.04. The molecule has 3 aromatic rings. The Labute approximate surface area is 100 Å². The van der Waals surface area contributed by atoms with Crippen LogP contribution in [0.2, 0.25) is 0 Å². The molecule has 0 bridgehead atoms. The fourth-order valence-electron chi connectivity index (χ4n) is 1.63. The zero-order chi connectivity index (χ0) is 11.0. The van der Waals surface area contributed by atoms with Crippen molar-refractivity contribution in [2.24, 2.45) is 0 Å². The van der Waals surface area contributed by atoms with Gasteiger partial charge in [-0.05, 0) is 22.9 Å². The van der Waals surface area contributed by atoms with Crippen molar-refractivity contribution < 1.29 is 4.79 Å². The van der Waals surface area contributed by atoms with Gasteiger partial charge in [0.2, 0.25) is 5.78 Å². The molecule has 2 nitrogen and oxygen atoms in total. The summed E-state index contributed by atoms with van der Waals surface area (Å²) in [5.41, 5.74) is 2.96. The van der Waals surface area contributed by atoms with E-state index in [0.717, 1.165) is 15.6 Å². The van der Waals surface area contributed by atoms with Crippen LogP contribution in [-0.2, 0) is 0 Å². The Morgan fingerprint density at radius 2 is 2.19 bits per heavy atom. The number of carbonyl (C=O) groups excluding carboxylic acids is 1. The van der Waals surface area contributed by atoms with Crippen LogP contribution in [0.15, 0.2) is 40.5 Å². The summed E-state index contributed by atoms with van der Waals surface area (Å²) in [4.78, 5) is 16.2. The van der Waals surface area contributed by atoms with E-state index in [0.29, 0.717) is 5.69 Å². The molecule has 16 heavy (non-hydrogen) atoms. The molecule has 78 valence electrons. The van der Waals surface area contributed by atoms with E-state index in [-0.39, 0.29) is 5.78 Å². The fraction of sp³-hybridized carbons (Fsp3) is 0. The topological polar surface area (TPSA) is 30.0 Å². The number of aromatic nitrogens is 1. The number of ketones is 1. The minimum absolute atomic E-state index is 0.00861. The summed E-state index contributed by atoms with van der Waals surface area (Å²) in [5.74, 6) is 0.00861. The first-order chi connectivity index (χ1) is 7.86. The van der Waals surface area contributed by atoms with Crippen molar-refractivity contribution in [1.29, 1.82) is 0 Å². The Morgan fingerprint density at radius 1 is 1.25 bits per heavy atom. The first kappa shape index (κ1) is 9.69. The number of hydrogen-bond acceptors (Lipinski definition) is 4. The zero-order valence-corrected chi connectivity index (χ0v) is 9.85. The Bertz CT molecular complexity index is 640. The Balaban J connectivity index is 2.19. The SMILES string of the molecule is O=C(c1cscn1)c1cccc2ccsc12. The van der Waals surface area contributed by atoms with E-state index in [1.54, 1.807) is 22.2 Å². The molecule has 0 atom stereocenters. The number of thiophene rings is 1. The van der Waals surface area contributed by atoms with Gasteiger partial charge in [0, 0.05) is 15.6 Å². The van der Waals surface area contributed by atoms with E-state index in [4.69, 9.17) is 0 Å². The fourth-order valence-corrected chi connectivity index (χ4v) is 3.08. The lowest BCUT2D eigenvalue weighted by molar-refractivity contribution is 0.103. The van der Waals surface area contributed by atoms with Crippen molar-refractivity contribution in [2.45, 2.75) is 0 Å². The predicted molar refractivity (Wildman–Crippen MR) is 67.4 cm³/mol. The standard InChI is InChI=1S/C12H7NOS2/c14-11(10-6-15-7-13-10)9-3-1-2-8-4-5-16-12(8)9/h1-7H. The summed E-state index contributed by atoms with van der Waals surface area (Å²) in [5, 5.41) is 4.91. The molecule has 0 radical (unpaired) electrons. The van der Waals surface area contributed by atoms with Gasteiger partial charge in [-0.3, -0.25) is 4.79 Å². The number of carbonyl (C=O) groups is 1. The average Bonchev–Trinajstić information content (AvgIpc) is 2.98. The van der Waals surface area contributed by atoms with Crippen molar-refractivity contribution in [2.75, 3.05) is 0 Å². The third-order valence-electron chi connectivity index (χ3n) is 2.39. The van der Waals surface area contributed by atoms with E-state index in [2.05, 4.69) is 4.98 Å².